The third-order valence-corrected chi connectivity index (χ3v) is 9.56. The molecular formula is C21H28N2O6S2. The zero-order valence-corrected chi connectivity index (χ0v) is 19.8. The summed E-state index contributed by atoms with van der Waals surface area (Å²) in [7, 11) is -7.18. The molecule has 0 radical (unpaired) electrons. The highest BCUT2D eigenvalue weighted by molar-refractivity contribution is 7.91. The van der Waals surface area contributed by atoms with Gasteiger partial charge in [-0.1, -0.05) is 6.07 Å². The van der Waals surface area contributed by atoms with Crippen molar-refractivity contribution in [3.63, 3.8) is 0 Å². The lowest BCUT2D eigenvalue weighted by atomic mass is 10.0. The molecule has 1 fully saturated rings. The van der Waals surface area contributed by atoms with E-state index in [9.17, 15) is 21.6 Å². The Kier molecular flexibility index (Phi) is 6.64. The second-order valence-electron chi connectivity index (χ2n) is 8.04. The molecule has 2 aromatic rings. The average molecular weight is 469 g/mol. The number of rotatable bonds is 8. The van der Waals surface area contributed by atoms with Crippen molar-refractivity contribution >= 4 is 25.8 Å². The van der Waals surface area contributed by atoms with Gasteiger partial charge in [0.1, 0.15) is 11.5 Å². The molecule has 0 aliphatic carbocycles. The molecule has 1 amide bonds. The molecule has 8 nitrogen and oxygen atoms in total. The first-order valence-corrected chi connectivity index (χ1v) is 13.2. The van der Waals surface area contributed by atoms with Crippen molar-refractivity contribution in [2.45, 2.75) is 50.0 Å². The second kappa shape index (κ2) is 8.76. The molecular weight excluding hydrogens is 440 g/mol. The van der Waals surface area contributed by atoms with Gasteiger partial charge in [-0.2, -0.15) is 0 Å². The van der Waals surface area contributed by atoms with Crippen molar-refractivity contribution in [2.75, 3.05) is 19.6 Å². The third kappa shape index (κ3) is 5.02. The second-order valence-corrected chi connectivity index (χ2v) is 12.0. The maximum Gasteiger partial charge on any atom is 0.241 e. The number of aryl methyl sites for hydroxylation is 2. The van der Waals surface area contributed by atoms with Gasteiger partial charge in [0.05, 0.1) is 16.4 Å². The molecule has 1 aromatic carbocycles. The fraction of sp³-hybridized carbons (Fsp3) is 0.476. The van der Waals surface area contributed by atoms with Crippen LogP contribution in [-0.2, 0) is 30.4 Å². The first kappa shape index (κ1) is 23.5. The quantitative estimate of drug-likeness (QED) is 0.634. The minimum Gasteiger partial charge on any atom is -0.468 e. The fourth-order valence-electron chi connectivity index (χ4n) is 3.69. The van der Waals surface area contributed by atoms with Gasteiger partial charge < -0.3 is 9.32 Å². The van der Waals surface area contributed by atoms with Crippen molar-refractivity contribution < 1.29 is 26.0 Å². The number of hydrogen-bond donors (Lipinski definition) is 1. The monoisotopic (exact) mass is 468 g/mol. The highest BCUT2D eigenvalue weighted by atomic mass is 32.2. The molecule has 10 heteroatoms. The summed E-state index contributed by atoms with van der Waals surface area (Å²) >= 11 is 0. The number of benzene rings is 1. The van der Waals surface area contributed by atoms with E-state index in [0.717, 1.165) is 11.1 Å². The Morgan fingerprint density at radius 2 is 1.71 bits per heavy atom. The first-order valence-electron chi connectivity index (χ1n) is 10.0. The van der Waals surface area contributed by atoms with Crippen LogP contribution in [0, 0.1) is 27.7 Å². The minimum atomic E-state index is -3.77. The van der Waals surface area contributed by atoms with Gasteiger partial charge in [-0.25, -0.2) is 21.6 Å². The highest BCUT2D eigenvalue weighted by Gasteiger charge is 2.39. The van der Waals surface area contributed by atoms with E-state index in [1.165, 1.54) is 11.2 Å². The number of furan rings is 1. The summed E-state index contributed by atoms with van der Waals surface area (Å²) in [5.74, 6) is -0.0987. The average Bonchev–Trinajstić information content (AvgIpc) is 3.10. The number of carbonyl (C=O) groups excluding carboxylic acids is 1. The standard InChI is InChI=1S/C21H28N2O6S2/c1-14-10-15(2)17(4)21(16(14)3)31(27,28)22-8-7-20(24)23-11-19(12-23)30(25,26)13-18-6-5-9-29-18/h5-6,9-10,19,22H,7-8,11-13H2,1-4H3. The van der Waals surface area contributed by atoms with E-state index in [0.29, 0.717) is 16.9 Å². The molecule has 1 N–H and O–H groups in total. The van der Waals surface area contributed by atoms with E-state index < -0.39 is 25.1 Å². The van der Waals surface area contributed by atoms with Crippen LogP contribution in [0.4, 0.5) is 0 Å². The summed E-state index contributed by atoms with van der Waals surface area (Å²) in [5, 5.41) is -0.626. The molecule has 1 saturated heterocycles. The van der Waals surface area contributed by atoms with Crippen molar-refractivity contribution in [1.82, 2.24) is 9.62 Å². The molecule has 0 bridgehead atoms. The van der Waals surface area contributed by atoms with Gasteiger partial charge in [-0.3, -0.25) is 4.79 Å². The SMILES string of the molecule is Cc1cc(C)c(C)c(S(=O)(=O)NCCC(=O)N2CC(S(=O)(=O)Cc3ccco3)C2)c1C. The normalized spacial score (nSPS) is 15.2. The topological polar surface area (TPSA) is 114 Å². The molecule has 2 heterocycles. The van der Waals surface area contributed by atoms with E-state index in [4.69, 9.17) is 4.42 Å². The maximum absolute atomic E-state index is 12.8. The van der Waals surface area contributed by atoms with Crippen LogP contribution in [0.15, 0.2) is 33.8 Å². The molecule has 1 aliphatic heterocycles. The van der Waals surface area contributed by atoms with Gasteiger partial charge in [-0.15, -0.1) is 0 Å². The Hall–Kier alpha value is -2.17. The number of sulfonamides is 1. The number of hydrogen-bond acceptors (Lipinski definition) is 6. The van der Waals surface area contributed by atoms with Crippen LogP contribution in [-0.4, -0.2) is 52.5 Å². The molecule has 170 valence electrons. The van der Waals surface area contributed by atoms with Crippen molar-refractivity contribution in [2.24, 2.45) is 0 Å². The first-order chi connectivity index (χ1) is 14.4. The van der Waals surface area contributed by atoms with Gasteiger partial charge >= 0.3 is 0 Å². The summed E-state index contributed by atoms with van der Waals surface area (Å²) in [4.78, 5) is 14.0. The molecule has 0 saturated carbocycles. The Morgan fingerprint density at radius 1 is 1.10 bits per heavy atom. The zero-order chi connectivity index (χ0) is 23.0. The molecule has 1 aliphatic rings. The number of amides is 1. The molecule has 31 heavy (non-hydrogen) atoms. The van der Waals surface area contributed by atoms with Crippen LogP contribution < -0.4 is 4.72 Å². The van der Waals surface area contributed by atoms with E-state index in [1.807, 2.05) is 19.9 Å². The van der Waals surface area contributed by atoms with Crippen LogP contribution in [0.2, 0.25) is 0 Å². The van der Waals surface area contributed by atoms with Crippen molar-refractivity contribution in [3.8, 4) is 0 Å². The van der Waals surface area contributed by atoms with Crippen LogP contribution >= 0.6 is 0 Å². The van der Waals surface area contributed by atoms with Crippen molar-refractivity contribution in [3.05, 3.63) is 52.5 Å². The number of carbonyl (C=O) groups is 1. The lowest BCUT2D eigenvalue weighted by molar-refractivity contribution is -0.134. The van der Waals surface area contributed by atoms with Gasteiger partial charge in [0, 0.05) is 26.1 Å². The third-order valence-electron chi connectivity index (χ3n) is 5.83. The smallest absolute Gasteiger partial charge is 0.241 e. The Morgan fingerprint density at radius 3 is 2.26 bits per heavy atom. The Bertz CT molecular complexity index is 1150. The van der Waals surface area contributed by atoms with Gasteiger partial charge in [0.2, 0.25) is 15.9 Å². The predicted molar refractivity (Wildman–Crippen MR) is 117 cm³/mol. The number of likely N-dealkylation sites (tertiary alicyclic amines) is 1. The number of nitrogens with one attached hydrogen (secondary N) is 1. The van der Waals surface area contributed by atoms with Crippen LogP contribution in [0.3, 0.4) is 0 Å². The van der Waals surface area contributed by atoms with Gasteiger partial charge in [0.25, 0.3) is 0 Å². The molecule has 0 spiro atoms. The Balaban J connectivity index is 1.54. The number of sulfone groups is 1. The molecule has 3 rings (SSSR count). The van der Waals surface area contributed by atoms with Crippen molar-refractivity contribution in [1.29, 1.82) is 0 Å². The van der Waals surface area contributed by atoms with Crippen LogP contribution in [0.5, 0.6) is 0 Å². The van der Waals surface area contributed by atoms with Gasteiger partial charge in [-0.05, 0) is 62.1 Å². The van der Waals surface area contributed by atoms with E-state index >= 15 is 0 Å². The van der Waals surface area contributed by atoms with E-state index in [1.54, 1.807) is 26.0 Å². The van der Waals surface area contributed by atoms with E-state index in [2.05, 4.69) is 4.72 Å². The predicted octanol–water partition coefficient (Wildman–Crippen LogP) is 2.01. The summed E-state index contributed by atoms with van der Waals surface area (Å²) in [6, 6.07) is 5.18. The summed E-state index contributed by atoms with van der Waals surface area (Å²) < 4.78 is 58.0. The zero-order valence-electron chi connectivity index (χ0n) is 18.1. The summed E-state index contributed by atoms with van der Waals surface area (Å²) in [6.45, 7) is 7.45. The lowest BCUT2D eigenvalue weighted by Gasteiger charge is -2.38. The summed E-state index contributed by atoms with van der Waals surface area (Å²) in [5.41, 5.74) is 3.16. The molecule has 0 atom stereocenters. The minimum absolute atomic E-state index is 0.0346. The largest absolute Gasteiger partial charge is 0.468 e. The van der Waals surface area contributed by atoms with Gasteiger partial charge in [0.15, 0.2) is 9.84 Å². The number of nitrogens with zero attached hydrogens (tertiary/aromatic N) is 1. The van der Waals surface area contributed by atoms with E-state index in [-0.39, 0.29) is 42.6 Å². The van der Waals surface area contributed by atoms with Crippen LogP contribution in [0.1, 0.15) is 34.4 Å². The van der Waals surface area contributed by atoms with Crippen LogP contribution in [0.25, 0.3) is 0 Å². The molecule has 1 aromatic heterocycles. The molecule has 0 unspecified atom stereocenters. The summed E-state index contributed by atoms with van der Waals surface area (Å²) in [6.07, 6.45) is 1.39. The lowest BCUT2D eigenvalue weighted by Crippen LogP contribution is -2.57. The Labute approximate surface area is 183 Å². The maximum atomic E-state index is 12.8. The highest BCUT2D eigenvalue weighted by Crippen LogP contribution is 2.26. The fourth-order valence-corrected chi connectivity index (χ4v) is 6.94.